The Balaban J connectivity index is 2.08. The zero-order valence-corrected chi connectivity index (χ0v) is 13.7. The molecule has 2 rings (SSSR count). The van der Waals surface area contributed by atoms with E-state index in [-0.39, 0.29) is 28.0 Å². The molecule has 2 aromatic rings. The highest BCUT2D eigenvalue weighted by molar-refractivity contribution is 7.12. The third-order valence-electron chi connectivity index (χ3n) is 2.84. The van der Waals surface area contributed by atoms with Crippen LogP contribution in [0.4, 0.5) is 0 Å². The van der Waals surface area contributed by atoms with Crippen molar-refractivity contribution in [3.8, 4) is 0 Å². The lowest BCUT2D eigenvalue weighted by molar-refractivity contribution is 0.0475. The van der Waals surface area contributed by atoms with Crippen molar-refractivity contribution >= 4 is 46.3 Å². The number of Topliss-reactive ketones (excluding diaryl/α,β-unsaturated/α-hetero) is 1. The average Bonchev–Trinajstić information content (AvgIpc) is 2.75. The van der Waals surface area contributed by atoms with E-state index in [1.807, 2.05) is 13.8 Å². The minimum Gasteiger partial charge on any atom is -0.454 e. The Bertz CT molecular complexity index is 687. The summed E-state index contributed by atoms with van der Waals surface area (Å²) in [7, 11) is 0. The molecule has 6 heteroatoms. The maximum atomic E-state index is 12.0. The van der Waals surface area contributed by atoms with Crippen LogP contribution in [0.15, 0.2) is 24.3 Å². The Kier molecular flexibility index (Phi) is 5.04. The van der Waals surface area contributed by atoms with Crippen LogP contribution in [0.25, 0.3) is 0 Å². The molecule has 0 saturated carbocycles. The molecule has 0 aliphatic rings. The van der Waals surface area contributed by atoms with E-state index >= 15 is 0 Å². The van der Waals surface area contributed by atoms with Gasteiger partial charge in [-0.2, -0.15) is 0 Å². The highest BCUT2D eigenvalue weighted by Crippen LogP contribution is 2.25. The van der Waals surface area contributed by atoms with Crippen LogP contribution in [0, 0.1) is 13.8 Å². The summed E-state index contributed by atoms with van der Waals surface area (Å²) in [6.07, 6.45) is 0. The van der Waals surface area contributed by atoms with Crippen molar-refractivity contribution in [2.24, 2.45) is 0 Å². The summed E-state index contributed by atoms with van der Waals surface area (Å²) in [5.41, 5.74) is 0.655. The molecule has 0 atom stereocenters. The first-order valence-corrected chi connectivity index (χ1v) is 7.68. The predicted molar refractivity (Wildman–Crippen MR) is 84.9 cm³/mol. The Morgan fingerprint density at radius 3 is 2.33 bits per heavy atom. The Labute approximate surface area is 136 Å². The van der Waals surface area contributed by atoms with Crippen LogP contribution in [-0.2, 0) is 4.74 Å². The molecule has 3 nitrogen and oxygen atoms in total. The molecule has 0 bridgehead atoms. The van der Waals surface area contributed by atoms with Gasteiger partial charge in [-0.05, 0) is 32.0 Å². The van der Waals surface area contributed by atoms with Gasteiger partial charge in [-0.1, -0.05) is 29.3 Å². The van der Waals surface area contributed by atoms with Gasteiger partial charge >= 0.3 is 5.97 Å². The zero-order valence-electron chi connectivity index (χ0n) is 11.4. The van der Waals surface area contributed by atoms with Gasteiger partial charge in [0.05, 0.1) is 15.6 Å². The van der Waals surface area contributed by atoms with Crippen molar-refractivity contribution in [2.45, 2.75) is 13.8 Å². The number of thiophene rings is 1. The normalized spacial score (nSPS) is 10.5. The van der Waals surface area contributed by atoms with Crippen LogP contribution in [0.2, 0.25) is 10.0 Å². The molecular formula is C15H12Cl2O3S. The van der Waals surface area contributed by atoms with Crippen molar-refractivity contribution < 1.29 is 14.3 Å². The fraction of sp³-hybridized carbons (Fsp3) is 0.200. The van der Waals surface area contributed by atoms with Gasteiger partial charge in [0.2, 0.25) is 5.78 Å². The highest BCUT2D eigenvalue weighted by atomic mass is 35.5. The first-order chi connectivity index (χ1) is 9.90. The number of rotatable bonds is 4. The number of hydrogen-bond donors (Lipinski definition) is 0. The number of halogens is 2. The van der Waals surface area contributed by atoms with Crippen LogP contribution < -0.4 is 0 Å². The number of esters is 1. The summed E-state index contributed by atoms with van der Waals surface area (Å²) in [5, 5.41) is 0.394. The third kappa shape index (κ3) is 3.64. The van der Waals surface area contributed by atoms with E-state index in [1.165, 1.54) is 23.5 Å². The van der Waals surface area contributed by atoms with Crippen LogP contribution in [0.1, 0.15) is 30.5 Å². The SMILES string of the molecule is Cc1cc(C(=O)COC(=O)c2c(Cl)cccc2Cl)c(C)s1. The van der Waals surface area contributed by atoms with Crippen molar-refractivity contribution in [3.63, 3.8) is 0 Å². The smallest absolute Gasteiger partial charge is 0.341 e. The molecular weight excluding hydrogens is 331 g/mol. The number of ketones is 1. The van der Waals surface area contributed by atoms with Gasteiger partial charge in [-0.3, -0.25) is 4.79 Å². The number of carbonyl (C=O) groups excluding carboxylic acids is 2. The molecule has 0 spiro atoms. The van der Waals surface area contributed by atoms with Gasteiger partial charge < -0.3 is 4.74 Å². The van der Waals surface area contributed by atoms with Crippen molar-refractivity contribution in [1.82, 2.24) is 0 Å². The van der Waals surface area contributed by atoms with Gasteiger partial charge in [0.15, 0.2) is 6.61 Å². The summed E-state index contributed by atoms with van der Waals surface area (Å²) in [5.74, 6) is -0.947. The third-order valence-corrected chi connectivity index (χ3v) is 4.44. The van der Waals surface area contributed by atoms with E-state index in [4.69, 9.17) is 27.9 Å². The molecule has 1 aromatic heterocycles. The minimum absolute atomic E-state index is 0.0758. The van der Waals surface area contributed by atoms with Gasteiger partial charge in [-0.15, -0.1) is 11.3 Å². The van der Waals surface area contributed by atoms with Crippen LogP contribution in [0.5, 0.6) is 0 Å². The first kappa shape index (κ1) is 16.0. The Hall–Kier alpha value is -1.36. The number of ether oxygens (including phenoxy) is 1. The highest BCUT2D eigenvalue weighted by Gasteiger charge is 2.19. The topological polar surface area (TPSA) is 43.4 Å². The second-order valence-electron chi connectivity index (χ2n) is 4.42. The monoisotopic (exact) mass is 342 g/mol. The van der Waals surface area contributed by atoms with E-state index in [1.54, 1.807) is 12.1 Å². The number of aryl methyl sites for hydroxylation is 2. The van der Waals surface area contributed by atoms with E-state index < -0.39 is 5.97 Å². The van der Waals surface area contributed by atoms with Crippen molar-refractivity contribution in [1.29, 1.82) is 0 Å². The summed E-state index contributed by atoms with van der Waals surface area (Å²) in [4.78, 5) is 26.0. The lowest BCUT2D eigenvalue weighted by atomic mass is 10.1. The maximum absolute atomic E-state index is 12.0. The number of carbonyl (C=O) groups is 2. The summed E-state index contributed by atoms with van der Waals surface area (Å²) < 4.78 is 5.02. The molecule has 0 aliphatic carbocycles. The zero-order chi connectivity index (χ0) is 15.6. The summed E-state index contributed by atoms with van der Waals surface area (Å²) in [6, 6.07) is 6.50. The summed E-state index contributed by atoms with van der Waals surface area (Å²) >= 11 is 13.4. The second-order valence-corrected chi connectivity index (χ2v) is 6.70. The fourth-order valence-electron chi connectivity index (χ4n) is 1.88. The molecule has 110 valence electrons. The van der Waals surface area contributed by atoms with Crippen LogP contribution >= 0.6 is 34.5 Å². The molecule has 0 aliphatic heterocycles. The number of hydrogen-bond acceptors (Lipinski definition) is 4. The number of benzene rings is 1. The molecule has 0 unspecified atom stereocenters. The fourth-order valence-corrected chi connectivity index (χ4v) is 3.38. The Morgan fingerprint density at radius 1 is 1.19 bits per heavy atom. The maximum Gasteiger partial charge on any atom is 0.341 e. The van der Waals surface area contributed by atoms with Crippen LogP contribution in [0.3, 0.4) is 0 Å². The van der Waals surface area contributed by atoms with Crippen LogP contribution in [-0.4, -0.2) is 18.4 Å². The average molecular weight is 343 g/mol. The molecule has 0 N–H and O–H groups in total. The minimum atomic E-state index is -0.705. The molecule has 0 saturated heterocycles. The quantitative estimate of drug-likeness (QED) is 0.596. The van der Waals surface area contributed by atoms with Crippen molar-refractivity contribution in [3.05, 3.63) is 55.2 Å². The van der Waals surface area contributed by atoms with Gasteiger partial charge in [0.1, 0.15) is 0 Å². The summed E-state index contributed by atoms with van der Waals surface area (Å²) in [6.45, 7) is 3.44. The molecule has 0 radical (unpaired) electrons. The molecule has 1 aromatic carbocycles. The van der Waals surface area contributed by atoms with E-state index in [9.17, 15) is 9.59 Å². The molecule has 1 heterocycles. The lowest BCUT2D eigenvalue weighted by Gasteiger charge is -2.07. The van der Waals surface area contributed by atoms with E-state index in [2.05, 4.69) is 0 Å². The lowest BCUT2D eigenvalue weighted by Crippen LogP contribution is -2.15. The molecule has 21 heavy (non-hydrogen) atoms. The standard InChI is InChI=1S/C15H12Cl2O3S/c1-8-6-10(9(2)21-8)13(18)7-20-15(19)14-11(16)4-3-5-12(14)17/h3-6H,7H2,1-2H3. The second kappa shape index (κ2) is 6.60. The van der Waals surface area contributed by atoms with Gasteiger partial charge in [0, 0.05) is 15.3 Å². The predicted octanol–water partition coefficient (Wildman–Crippen LogP) is 4.71. The van der Waals surface area contributed by atoms with Gasteiger partial charge in [0.25, 0.3) is 0 Å². The van der Waals surface area contributed by atoms with Gasteiger partial charge in [-0.25, -0.2) is 4.79 Å². The largest absolute Gasteiger partial charge is 0.454 e. The van der Waals surface area contributed by atoms with E-state index in [0.29, 0.717) is 5.56 Å². The first-order valence-electron chi connectivity index (χ1n) is 6.11. The van der Waals surface area contributed by atoms with Crippen molar-refractivity contribution in [2.75, 3.05) is 6.61 Å². The van der Waals surface area contributed by atoms with E-state index in [0.717, 1.165) is 9.75 Å². The molecule has 0 amide bonds. The molecule has 0 fully saturated rings. The Morgan fingerprint density at radius 2 is 1.81 bits per heavy atom.